The smallest absolute Gasteiger partial charge is 0.124 e. The number of hydrogen-bond donors (Lipinski definition) is 1. The average molecular weight is 274 g/mol. The average Bonchev–Trinajstić information content (AvgIpc) is 2.38. The number of ether oxygens (including phenoxy) is 1. The van der Waals surface area contributed by atoms with Gasteiger partial charge < -0.3 is 9.84 Å². The van der Waals surface area contributed by atoms with Crippen LogP contribution in [0, 0.1) is 12.7 Å². The molecule has 0 fully saturated rings. The molecule has 106 valence electrons. The summed E-state index contributed by atoms with van der Waals surface area (Å²) in [5, 5.41) is 10.8. The molecule has 2 aromatic carbocycles. The van der Waals surface area contributed by atoms with Crippen molar-refractivity contribution in [3.05, 3.63) is 65.0 Å². The molecule has 0 bridgehead atoms. The lowest BCUT2D eigenvalue weighted by Crippen LogP contribution is -2.25. The summed E-state index contributed by atoms with van der Waals surface area (Å²) in [5.41, 5.74) is 1.38. The Morgan fingerprint density at radius 1 is 1.20 bits per heavy atom. The summed E-state index contributed by atoms with van der Waals surface area (Å²) in [6.07, 6.45) is 0.324. The summed E-state index contributed by atoms with van der Waals surface area (Å²) in [4.78, 5) is 0. The van der Waals surface area contributed by atoms with Gasteiger partial charge in [-0.2, -0.15) is 0 Å². The van der Waals surface area contributed by atoms with Gasteiger partial charge in [0.05, 0.1) is 12.7 Å². The first-order chi connectivity index (χ1) is 9.42. The molecule has 0 aliphatic carbocycles. The minimum atomic E-state index is -1.12. The standard InChI is InChI=1S/C17H19FO2/c1-12-7-8-16(20-3)15(9-12)17(2,19)11-13-5-4-6-14(18)10-13/h4-10,19H,11H2,1-3H3. The van der Waals surface area contributed by atoms with Gasteiger partial charge in [0.15, 0.2) is 0 Å². The van der Waals surface area contributed by atoms with E-state index >= 15 is 0 Å². The van der Waals surface area contributed by atoms with Crippen LogP contribution in [-0.4, -0.2) is 12.2 Å². The van der Waals surface area contributed by atoms with Gasteiger partial charge in [-0.05, 0) is 43.7 Å². The topological polar surface area (TPSA) is 29.5 Å². The molecule has 2 aromatic rings. The first-order valence-corrected chi connectivity index (χ1v) is 6.54. The number of rotatable bonds is 4. The third kappa shape index (κ3) is 3.17. The van der Waals surface area contributed by atoms with Crippen molar-refractivity contribution < 1.29 is 14.2 Å². The van der Waals surface area contributed by atoms with E-state index in [1.54, 1.807) is 26.2 Å². The fourth-order valence-corrected chi connectivity index (χ4v) is 2.38. The molecule has 0 amide bonds. The second-order valence-corrected chi connectivity index (χ2v) is 5.28. The molecule has 0 aliphatic heterocycles. The van der Waals surface area contributed by atoms with E-state index in [0.717, 1.165) is 11.1 Å². The molecule has 0 heterocycles. The van der Waals surface area contributed by atoms with Crippen molar-refractivity contribution in [1.29, 1.82) is 0 Å². The molecule has 1 N–H and O–H groups in total. The largest absolute Gasteiger partial charge is 0.496 e. The Morgan fingerprint density at radius 2 is 1.95 bits per heavy atom. The van der Waals surface area contributed by atoms with Crippen molar-refractivity contribution in [1.82, 2.24) is 0 Å². The Kier molecular flexibility index (Phi) is 4.09. The number of aryl methyl sites for hydroxylation is 1. The summed E-state index contributed by atoms with van der Waals surface area (Å²) < 4.78 is 18.6. The first kappa shape index (κ1) is 14.5. The van der Waals surface area contributed by atoms with Gasteiger partial charge in [-0.15, -0.1) is 0 Å². The van der Waals surface area contributed by atoms with E-state index in [0.29, 0.717) is 17.7 Å². The van der Waals surface area contributed by atoms with Gasteiger partial charge in [-0.25, -0.2) is 4.39 Å². The van der Waals surface area contributed by atoms with Crippen molar-refractivity contribution >= 4 is 0 Å². The van der Waals surface area contributed by atoms with Crippen LogP contribution < -0.4 is 4.74 Å². The van der Waals surface area contributed by atoms with E-state index < -0.39 is 5.60 Å². The van der Waals surface area contributed by atoms with Crippen molar-refractivity contribution in [2.24, 2.45) is 0 Å². The highest BCUT2D eigenvalue weighted by atomic mass is 19.1. The highest BCUT2D eigenvalue weighted by Crippen LogP contribution is 2.33. The Balaban J connectivity index is 2.37. The molecule has 0 saturated heterocycles. The molecule has 20 heavy (non-hydrogen) atoms. The number of halogens is 1. The minimum Gasteiger partial charge on any atom is -0.496 e. The fourth-order valence-electron chi connectivity index (χ4n) is 2.38. The SMILES string of the molecule is COc1ccc(C)cc1C(C)(O)Cc1cccc(F)c1. The van der Waals surface area contributed by atoms with Crippen LogP contribution in [-0.2, 0) is 12.0 Å². The highest BCUT2D eigenvalue weighted by Gasteiger charge is 2.27. The van der Waals surface area contributed by atoms with E-state index in [2.05, 4.69) is 0 Å². The van der Waals surface area contributed by atoms with Gasteiger partial charge in [0, 0.05) is 12.0 Å². The highest BCUT2D eigenvalue weighted by molar-refractivity contribution is 5.41. The lowest BCUT2D eigenvalue weighted by Gasteiger charge is -2.26. The van der Waals surface area contributed by atoms with E-state index in [9.17, 15) is 9.50 Å². The predicted octanol–water partition coefficient (Wildman–Crippen LogP) is 3.59. The van der Waals surface area contributed by atoms with E-state index in [4.69, 9.17) is 4.74 Å². The van der Waals surface area contributed by atoms with Gasteiger partial charge >= 0.3 is 0 Å². The molecule has 1 atom stereocenters. The molecule has 0 radical (unpaired) electrons. The van der Waals surface area contributed by atoms with Gasteiger partial charge in [0.1, 0.15) is 11.6 Å². The van der Waals surface area contributed by atoms with Gasteiger partial charge in [0.25, 0.3) is 0 Å². The van der Waals surface area contributed by atoms with Crippen molar-refractivity contribution in [3.63, 3.8) is 0 Å². The number of benzene rings is 2. The maximum absolute atomic E-state index is 13.2. The lowest BCUT2D eigenvalue weighted by molar-refractivity contribution is 0.0548. The zero-order valence-corrected chi connectivity index (χ0v) is 12.0. The zero-order valence-electron chi connectivity index (χ0n) is 12.0. The number of aliphatic hydroxyl groups is 1. The third-order valence-electron chi connectivity index (χ3n) is 3.37. The Bertz CT molecular complexity index is 606. The van der Waals surface area contributed by atoms with Crippen LogP contribution in [0.3, 0.4) is 0 Å². The lowest BCUT2D eigenvalue weighted by atomic mass is 9.87. The van der Waals surface area contributed by atoms with Crippen LogP contribution in [0.25, 0.3) is 0 Å². The van der Waals surface area contributed by atoms with Gasteiger partial charge in [0.2, 0.25) is 0 Å². The summed E-state index contributed by atoms with van der Waals surface area (Å²) in [6.45, 7) is 3.68. The van der Waals surface area contributed by atoms with Crippen LogP contribution in [0.4, 0.5) is 4.39 Å². The second kappa shape index (κ2) is 5.63. The molecule has 0 aromatic heterocycles. The normalized spacial score (nSPS) is 13.8. The predicted molar refractivity (Wildman–Crippen MR) is 77.4 cm³/mol. The van der Waals surface area contributed by atoms with Crippen molar-refractivity contribution in [3.8, 4) is 5.75 Å². The molecule has 3 heteroatoms. The van der Waals surface area contributed by atoms with Gasteiger partial charge in [-0.1, -0.05) is 23.8 Å². The third-order valence-corrected chi connectivity index (χ3v) is 3.37. The van der Waals surface area contributed by atoms with Crippen molar-refractivity contribution in [2.45, 2.75) is 25.9 Å². The van der Waals surface area contributed by atoms with Crippen LogP contribution in [0.5, 0.6) is 5.75 Å². The van der Waals surface area contributed by atoms with E-state index in [1.807, 2.05) is 25.1 Å². The van der Waals surface area contributed by atoms with Crippen molar-refractivity contribution in [2.75, 3.05) is 7.11 Å². The Labute approximate surface area is 118 Å². The minimum absolute atomic E-state index is 0.297. The van der Waals surface area contributed by atoms with Crippen LogP contribution in [0.2, 0.25) is 0 Å². The molecule has 0 aliphatic rings. The molecular weight excluding hydrogens is 255 g/mol. The first-order valence-electron chi connectivity index (χ1n) is 6.54. The van der Waals surface area contributed by atoms with Crippen LogP contribution >= 0.6 is 0 Å². The molecule has 1 unspecified atom stereocenters. The van der Waals surface area contributed by atoms with E-state index in [1.165, 1.54) is 12.1 Å². The molecule has 2 rings (SSSR count). The van der Waals surface area contributed by atoms with E-state index in [-0.39, 0.29) is 5.82 Å². The fraction of sp³-hybridized carbons (Fsp3) is 0.294. The summed E-state index contributed by atoms with van der Waals surface area (Å²) in [6, 6.07) is 12.0. The monoisotopic (exact) mass is 274 g/mol. The summed E-state index contributed by atoms with van der Waals surface area (Å²) >= 11 is 0. The van der Waals surface area contributed by atoms with Crippen LogP contribution in [0.15, 0.2) is 42.5 Å². The summed E-state index contributed by atoms with van der Waals surface area (Å²) in [7, 11) is 1.58. The Morgan fingerprint density at radius 3 is 2.60 bits per heavy atom. The van der Waals surface area contributed by atoms with Gasteiger partial charge in [-0.3, -0.25) is 0 Å². The molecule has 0 saturated carbocycles. The molecule has 0 spiro atoms. The zero-order chi connectivity index (χ0) is 14.8. The summed E-state index contributed by atoms with van der Waals surface area (Å²) in [5.74, 6) is 0.339. The maximum Gasteiger partial charge on any atom is 0.124 e. The maximum atomic E-state index is 13.2. The Hall–Kier alpha value is -1.87. The quantitative estimate of drug-likeness (QED) is 0.923. The molecule has 2 nitrogen and oxygen atoms in total. The number of hydrogen-bond acceptors (Lipinski definition) is 2. The molecular formula is C17H19FO2. The number of methoxy groups -OCH3 is 1. The van der Waals surface area contributed by atoms with Crippen LogP contribution in [0.1, 0.15) is 23.6 Å². The second-order valence-electron chi connectivity index (χ2n) is 5.28.